The van der Waals surface area contributed by atoms with E-state index < -0.39 is 11.4 Å². The van der Waals surface area contributed by atoms with E-state index in [-0.39, 0.29) is 12.3 Å². The van der Waals surface area contributed by atoms with Gasteiger partial charge in [0.15, 0.2) is 11.6 Å². The molecular weight excluding hydrogens is 676 g/mol. The zero-order valence-electron chi connectivity index (χ0n) is 29.9. The maximum atomic E-state index is 16.6. The number of thioether (sulfide) groups is 1. The highest BCUT2D eigenvalue weighted by Gasteiger charge is 2.41. The second kappa shape index (κ2) is 15.6. The second-order valence-electron chi connectivity index (χ2n) is 12.7. The van der Waals surface area contributed by atoms with Crippen molar-refractivity contribution in [1.29, 1.82) is 5.26 Å². The van der Waals surface area contributed by atoms with Crippen molar-refractivity contribution < 1.29 is 9.13 Å². The molecule has 0 amide bonds. The highest BCUT2D eigenvalue weighted by atomic mass is 32.2. The van der Waals surface area contributed by atoms with Crippen LogP contribution in [-0.4, -0.2) is 22.9 Å². The number of aromatic nitrogens is 2. The van der Waals surface area contributed by atoms with Crippen LogP contribution in [0.1, 0.15) is 40.6 Å². The van der Waals surface area contributed by atoms with Crippen LogP contribution < -0.4 is 9.64 Å². The van der Waals surface area contributed by atoms with Crippen LogP contribution in [0.5, 0.6) is 5.75 Å². The Morgan fingerprint density at radius 1 is 0.792 bits per heavy atom. The van der Waals surface area contributed by atoms with E-state index in [0.717, 1.165) is 38.4 Å². The quantitative estimate of drug-likeness (QED) is 0.0932. The molecule has 0 radical (unpaired) electrons. The third-order valence-corrected chi connectivity index (χ3v) is 10.5. The second-order valence-corrected chi connectivity index (χ2v) is 13.5. The van der Waals surface area contributed by atoms with E-state index >= 15 is 4.39 Å². The zero-order chi connectivity index (χ0) is 36.8. The minimum absolute atomic E-state index is 0.170. The maximum Gasteiger partial charge on any atom is 0.188 e. The predicted octanol–water partition coefficient (Wildman–Crippen LogP) is 11.0. The van der Waals surface area contributed by atoms with Gasteiger partial charge in [0.1, 0.15) is 11.4 Å². The molecule has 0 spiro atoms. The summed E-state index contributed by atoms with van der Waals surface area (Å²) in [4.78, 5) is 8.51. The number of hydrogen-bond donors (Lipinski definition) is 0. The molecule has 7 heteroatoms. The van der Waals surface area contributed by atoms with Gasteiger partial charge in [0.25, 0.3) is 0 Å². The summed E-state index contributed by atoms with van der Waals surface area (Å²) in [6.07, 6.45) is 4.91. The van der Waals surface area contributed by atoms with E-state index in [2.05, 4.69) is 108 Å². The number of nitriles is 1. The number of benzene rings is 6. The van der Waals surface area contributed by atoms with Crippen LogP contribution in [0.15, 0.2) is 163 Å². The Morgan fingerprint density at radius 3 is 1.89 bits per heavy atom. The molecule has 0 fully saturated rings. The molecule has 7 rings (SSSR count). The van der Waals surface area contributed by atoms with Crippen LogP contribution in [0.2, 0.25) is 0 Å². The van der Waals surface area contributed by atoms with Gasteiger partial charge in [0.2, 0.25) is 0 Å². The lowest BCUT2D eigenvalue weighted by atomic mass is 9.76. The molecule has 0 saturated heterocycles. The van der Waals surface area contributed by atoms with E-state index in [1.807, 2.05) is 60.4 Å². The van der Waals surface area contributed by atoms with Gasteiger partial charge in [-0.25, -0.2) is 9.37 Å². The lowest BCUT2D eigenvalue weighted by Gasteiger charge is -2.39. The summed E-state index contributed by atoms with van der Waals surface area (Å²) in [6, 6.07) is 52.8. The number of nitrogens with zero attached hydrogens (tertiary/aromatic N) is 4. The van der Waals surface area contributed by atoms with Crippen LogP contribution >= 0.6 is 11.8 Å². The molecule has 0 unspecified atom stereocenters. The van der Waals surface area contributed by atoms with Crippen LogP contribution in [0.3, 0.4) is 0 Å². The highest BCUT2D eigenvalue weighted by molar-refractivity contribution is 7.98. The Balaban J connectivity index is 1.58. The van der Waals surface area contributed by atoms with Crippen LogP contribution in [-0.2, 0) is 18.5 Å². The summed E-state index contributed by atoms with van der Waals surface area (Å²) in [5.41, 5.74) is 6.59. The summed E-state index contributed by atoms with van der Waals surface area (Å²) in [6.45, 7) is 2.23. The lowest BCUT2D eigenvalue weighted by molar-refractivity contribution is 0.386. The first-order valence-electron chi connectivity index (χ1n) is 17.5. The molecule has 1 aromatic heterocycles. The number of halogens is 1. The fourth-order valence-electron chi connectivity index (χ4n) is 7.12. The summed E-state index contributed by atoms with van der Waals surface area (Å²) in [5, 5.41) is 9.65. The molecule has 0 atom stereocenters. The number of imidazole rings is 1. The molecule has 0 aliphatic heterocycles. The molecule has 7 aromatic rings. The minimum Gasteiger partial charge on any atom is -0.494 e. The Labute approximate surface area is 315 Å². The van der Waals surface area contributed by atoms with Gasteiger partial charge in [0, 0.05) is 22.3 Å². The lowest BCUT2D eigenvalue weighted by Crippen LogP contribution is -2.39. The molecule has 0 bridgehead atoms. The average Bonchev–Trinajstić information content (AvgIpc) is 3.65. The first kappa shape index (κ1) is 35.3. The first-order chi connectivity index (χ1) is 26.0. The number of aryl methyl sites for hydroxylation is 1. The maximum absolute atomic E-state index is 16.6. The monoisotopic (exact) mass is 714 g/mol. The third-order valence-electron chi connectivity index (χ3n) is 9.70. The SMILES string of the molecule is CCc1cc(OC)c(F)c(N(Cc2nc(-c3ccccc3SC)cn2C(c2ccccc2)(c2ccccc2)c2ccccc2)c2ccc(C#N)cc2)c1. The molecule has 0 aliphatic carbocycles. The van der Waals surface area contributed by atoms with Gasteiger partial charge in [-0.1, -0.05) is 116 Å². The van der Waals surface area contributed by atoms with Gasteiger partial charge in [0.05, 0.1) is 36.7 Å². The molecule has 0 saturated carbocycles. The molecule has 0 N–H and O–H groups in total. The fraction of sp³-hybridized carbons (Fsp3) is 0.130. The largest absolute Gasteiger partial charge is 0.494 e. The summed E-state index contributed by atoms with van der Waals surface area (Å²) >= 11 is 1.67. The van der Waals surface area contributed by atoms with Crippen molar-refractivity contribution in [2.75, 3.05) is 18.3 Å². The van der Waals surface area contributed by atoms with Gasteiger partial charge >= 0.3 is 0 Å². The van der Waals surface area contributed by atoms with Gasteiger partial charge in [-0.05, 0) is 77.4 Å². The van der Waals surface area contributed by atoms with E-state index in [0.29, 0.717) is 29.2 Å². The van der Waals surface area contributed by atoms with Crippen LogP contribution in [0.4, 0.5) is 15.8 Å². The zero-order valence-corrected chi connectivity index (χ0v) is 30.7. The van der Waals surface area contributed by atoms with Gasteiger partial charge in [-0.3, -0.25) is 0 Å². The van der Waals surface area contributed by atoms with Crippen molar-refractivity contribution in [2.24, 2.45) is 0 Å². The van der Waals surface area contributed by atoms with E-state index in [9.17, 15) is 5.26 Å². The molecular formula is C46H39FN4OS. The van der Waals surface area contributed by atoms with E-state index in [1.54, 1.807) is 30.0 Å². The molecule has 1 heterocycles. The number of rotatable bonds is 12. The number of hydrogen-bond acceptors (Lipinski definition) is 5. The summed E-state index contributed by atoms with van der Waals surface area (Å²) in [7, 11) is 1.49. The topological polar surface area (TPSA) is 54.1 Å². The van der Waals surface area contributed by atoms with Crippen molar-refractivity contribution in [1.82, 2.24) is 9.55 Å². The molecule has 6 aromatic carbocycles. The van der Waals surface area contributed by atoms with Crippen molar-refractivity contribution in [3.05, 3.63) is 197 Å². The van der Waals surface area contributed by atoms with E-state index in [4.69, 9.17) is 9.72 Å². The highest BCUT2D eigenvalue weighted by Crippen LogP contribution is 2.44. The van der Waals surface area contributed by atoms with Crippen molar-refractivity contribution in [3.63, 3.8) is 0 Å². The number of ether oxygens (including phenoxy) is 1. The van der Waals surface area contributed by atoms with Crippen LogP contribution in [0, 0.1) is 17.1 Å². The number of methoxy groups -OCH3 is 1. The van der Waals surface area contributed by atoms with Gasteiger partial charge in [-0.15, -0.1) is 11.8 Å². The standard InChI is InChI=1S/C46H39FN4OS/c1-4-33-28-41(45(47)42(29-33)52-2)50(38-26-24-34(30-48)25-27-38)32-44-49-40(39-22-14-15-23-43(39)53-3)31-51(44)46(35-16-8-5-9-17-35,36-18-10-6-11-19-36)37-20-12-7-13-21-37/h5-29,31H,4,32H2,1-3H3. The van der Waals surface area contributed by atoms with Crippen molar-refractivity contribution in [2.45, 2.75) is 30.3 Å². The van der Waals surface area contributed by atoms with Gasteiger partial charge in [-0.2, -0.15) is 5.26 Å². The third kappa shape index (κ3) is 6.70. The summed E-state index contributed by atoms with van der Waals surface area (Å²) in [5.74, 6) is 0.404. The van der Waals surface area contributed by atoms with Crippen molar-refractivity contribution >= 4 is 23.1 Å². The molecule has 53 heavy (non-hydrogen) atoms. The Hall–Kier alpha value is -6.10. The summed E-state index contributed by atoms with van der Waals surface area (Å²) < 4.78 is 24.5. The smallest absolute Gasteiger partial charge is 0.188 e. The normalized spacial score (nSPS) is 11.2. The predicted molar refractivity (Wildman–Crippen MR) is 213 cm³/mol. The molecule has 5 nitrogen and oxygen atoms in total. The molecule has 262 valence electrons. The number of anilines is 2. The van der Waals surface area contributed by atoms with Crippen LogP contribution in [0.25, 0.3) is 11.3 Å². The molecule has 0 aliphatic rings. The average molecular weight is 715 g/mol. The Kier molecular flexibility index (Phi) is 10.4. The van der Waals surface area contributed by atoms with Gasteiger partial charge < -0.3 is 14.2 Å². The Bertz CT molecular complexity index is 2260. The fourth-order valence-corrected chi connectivity index (χ4v) is 7.73. The Morgan fingerprint density at radius 2 is 1.36 bits per heavy atom. The van der Waals surface area contributed by atoms with E-state index in [1.165, 1.54) is 7.11 Å². The minimum atomic E-state index is -0.878. The first-order valence-corrected chi connectivity index (χ1v) is 18.8. The van der Waals surface area contributed by atoms with Crippen molar-refractivity contribution in [3.8, 4) is 23.1 Å².